The number of amides is 1. The van der Waals surface area contributed by atoms with E-state index in [0.29, 0.717) is 9.23 Å². The van der Waals surface area contributed by atoms with Gasteiger partial charge >= 0.3 is 0 Å². The SMILES string of the molecule is COc1ccccc1-c1cccc(C=C2SC(=S)NC2=O)c1. The van der Waals surface area contributed by atoms with Crippen LogP contribution in [0.15, 0.2) is 53.4 Å². The fraction of sp³-hybridized carbons (Fsp3) is 0.0588. The van der Waals surface area contributed by atoms with Gasteiger partial charge in [-0.25, -0.2) is 0 Å². The van der Waals surface area contributed by atoms with Crippen LogP contribution in [0.2, 0.25) is 0 Å². The second-order valence-electron chi connectivity index (χ2n) is 4.68. The third-order valence-corrected chi connectivity index (χ3v) is 4.41. The van der Waals surface area contributed by atoms with Gasteiger partial charge in [0.25, 0.3) is 5.91 Å². The highest BCUT2D eigenvalue weighted by molar-refractivity contribution is 8.26. The zero-order chi connectivity index (χ0) is 15.5. The molecule has 2 aromatic carbocycles. The van der Waals surface area contributed by atoms with Crippen LogP contribution in [0.5, 0.6) is 5.75 Å². The van der Waals surface area contributed by atoms with E-state index in [1.807, 2.05) is 54.6 Å². The molecule has 0 spiro atoms. The minimum absolute atomic E-state index is 0.141. The van der Waals surface area contributed by atoms with Crippen LogP contribution in [-0.4, -0.2) is 17.3 Å². The van der Waals surface area contributed by atoms with Crippen molar-refractivity contribution in [3.8, 4) is 16.9 Å². The average Bonchev–Trinajstić information content (AvgIpc) is 2.85. The lowest BCUT2D eigenvalue weighted by Crippen LogP contribution is -2.17. The van der Waals surface area contributed by atoms with Crippen LogP contribution in [-0.2, 0) is 4.79 Å². The van der Waals surface area contributed by atoms with Crippen molar-refractivity contribution in [3.63, 3.8) is 0 Å². The van der Waals surface area contributed by atoms with E-state index in [2.05, 4.69) is 5.32 Å². The first-order valence-corrected chi connectivity index (χ1v) is 7.88. The molecule has 110 valence electrons. The van der Waals surface area contributed by atoms with Gasteiger partial charge in [-0.05, 0) is 29.3 Å². The van der Waals surface area contributed by atoms with Gasteiger partial charge in [0, 0.05) is 5.56 Å². The van der Waals surface area contributed by atoms with Gasteiger partial charge in [0.05, 0.1) is 12.0 Å². The third kappa shape index (κ3) is 3.05. The summed E-state index contributed by atoms with van der Waals surface area (Å²) in [6.07, 6.45) is 1.85. The van der Waals surface area contributed by atoms with Crippen molar-refractivity contribution in [3.05, 3.63) is 59.0 Å². The summed E-state index contributed by atoms with van der Waals surface area (Å²) in [6, 6.07) is 15.8. The molecule has 2 aromatic rings. The van der Waals surface area contributed by atoms with Crippen molar-refractivity contribution in [2.45, 2.75) is 0 Å². The van der Waals surface area contributed by atoms with E-state index in [1.54, 1.807) is 7.11 Å². The number of nitrogens with one attached hydrogen (secondary N) is 1. The first-order chi connectivity index (χ1) is 10.7. The van der Waals surface area contributed by atoms with Crippen molar-refractivity contribution in [1.29, 1.82) is 0 Å². The Morgan fingerprint density at radius 1 is 1.18 bits per heavy atom. The van der Waals surface area contributed by atoms with Crippen LogP contribution in [0.3, 0.4) is 0 Å². The van der Waals surface area contributed by atoms with E-state index in [1.165, 1.54) is 11.8 Å². The average molecular weight is 327 g/mol. The summed E-state index contributed by atoms with van der Waals surface area (Å²) in [5.74, 6) is 0.680. The molecule has 0 saturated carbocycles. The number of rotatable bonds is 3. The van der Waals surface area contributed by atoms with Crippen LogP contribution in [0, 0.1) is 0 Å². The maximum atomic E-state index is 11.7. The van der Waals surface area contributed by atoms with Crippen LogP contribution < -0.4 is 10.1 Å². The number of thioether (sulfide) groups is 1. The van der Waals surface area contributed by atoms with E-state index in [9.17, 15) is 4.79 Å². The number of thiocarbonyl (C=S) groups is 1. The minimum atomic E-state index is -0.141. The molecular formula is C17H13NO2S2. The van der Waals surface area contributed by atoms with Gasteiger partial charge < -0.3 is 10.1 Å². The first-order valence-electron chi connectivity index (χ1n) is 6.65. The molecule has 22 heavy (non-hydrogen) atoms. The maximum Gasteiger partial charge on any atom is 0.263 e. The Morgan fingerprint density at radius 2 is 2.00 bits per heavy atom. The van der Waals surface area contributed by atoms with Gasteiger partial charge in [0.1, 0.15) is 10.1 Å². The summed E-state index contributed by atoms with van der Waals surface area (Å²) in [4.78, 5) is 12.3. The van der Waals surface area contributed by atoms with Crippen molar-refractivity contribution in [2.75, 3.05) is 7.11 Å². The monoisotopic (exact) mass is 327 g/mol. The number of ether oxygens (including phenoxy) is 1. The summed E-state index contributed by atoms with van der Waals surface area (Å²) in [7, 11) is 1.66. The second-order valence-corrected chi connectivity index (χ2v) is 6.40. The summed E-state index contributed by atoms with van der Waals surface area (Å²) in [6.45, 7) is 0. The molecule has 0 radical (unpaired) electrons. The van der Waals surface area contributed by atoms with Crippen LogP contribution in [0.25, 0.3) is 17.2 Å². The minimum Gasteiger partial charge on any atom is -0.496 e. The highest BCUT2D eigenvalue weighted by Gasteiger charge is 2.21. The molecule has 5 heteroatoms. The molecule has 1 N–H and O–H groups in total. The van der Waals surface area contributed by atoms with Gasteiger partial charge in [-0.15, -0.1) is 0 Å². The van der Waals surface area contributed by atoms with E-state index in [0.717, 1.165) is 22.4 Å². The van der Waals surface area contributed by atoms with Crippen molar-refractivity contribution >= 4 is 40.3 Å². The molecular weight excluding hydrogens is 314 g/mol. The Hall–Kier alpha value is -2.11. The third-order valence-electron chi connectivity index (χ3n) is 3.24. The van der Waals surface area contributed by atoms with Gasteiger partial charge in [-0.2, -0.15) is 0 Å². The normalized spacial score (nSPS) is 16.0. The standard InChI is InChI=1S/C17H13NO2S2/c1-20-14-8-3-2-7-13(14)12-6-4-5-11(9-12)10-15-16(19)18-17(21)22-15/h2-10H,1H3,(H,18,19,21). The predicted molar refractivity (Wildman–Crippen MR) is 94.7 cm³/mol. The molecule has 3 nitrogen and oxygen atoms in total. The Labute approximate surface area is 138 Å². The summed E-state index contributed by atoms with van der Waals surface area (Å²) < 4.78 is 5.90. The van der Waals surface area contributed by atoms with Gasteiger partial charge in [0.2, 0.25) is 0 Å². The summed E-state index contributed by atoms with van der Waals surface area (Å²) in [5.41, 5.74) is 3.01. The summed E-state index contributed by atoms with van der Waals surface area (Å²) >= 11 is 6.28. The zero-order valence-electron chi connectivity index (χ0n) is 11.8. The quantitative estimate of drug-likeness (QED) is 0.686. The number of hydrogen-bond donors (Lipinski definition) is 1. The lowest BCUT2D eigenvalue weighted by atomic mass is 10.0. The number of carbonyl (C=O) groups excluding carboxylic acids is 1. The topological polar surface area (TPSA) is 38.3 Å². The molecule has 0 bridgehead atoms. The van der Waals surface area contributed by atoms with Gasteiger partial charge in [0.15, 0.2) is 0 Å². The van der Waals surface area contributed by atoms with E-state index < -0.39 is 0 Å². The Bertz CT molecular complexity index is 784. The fourth-order valence-electron chi connectivity index (χ4n) is 2.25. The molecule has 0 atom stereocenters. The zero-order valence-corrected chi connectivity index (χ0v) is 13.5. The van der Waals surface area contributed by atoms with Crippen LogP contribution >= 0.6 is 24.0 Å². The van der Waals surface area contributed by atoms with Crippen molar-refractivity contribution < 1.29 is 9.53 Å². The molecule has 0 aromatic heterocycles. The van der Waals surface area contributed by atoms with E-state index in [-0.39, 0.29) is 5.91 Å². The Kier molecular flexibility index (Phi) is 4.27. The highest BCUT2D eigenvalue weighted by atomic mass is 32.2. The Balaban J connectivity index is 1.98. The lowest BCUT2D eigenvalue weighted by molar-refractivity contribution is -0.115. The number of hydrogen-bond acceptors (Lipinski definition) is 4. The van der Waals surface area contributed by atoms with Gasteiger partial charge in [-0.1, -0.05) is 60.4 Å². The number of para-hydroxylation sites is 1. The molecule has 1 heterocycles. The van der Waals surface area contributed by atoms with Crippen LogP contribution in [0.4, 0.5) is 0 Å². The lowest BCUT2D eigenvalue weighted by Gasteiger charge is -2.09. The number of benzene rings is 2. The number of carbonyl (C=O) groups is 1. The fourth-order valence-corrected chi connectivity index (χ4v) is 3.30. The molecule has 1 amide bonds. The van der Waals surface area contributed by atoms with E-state index >= 15 is 0 Å². The largest absolute Gasteiger partial charge is 0.496 e. The summed E-state index contributed by atoms with van der Waals surface area (Å²) in [5, 5.41) is 2.62. The molecule has 1 saturated heterocycles. The van der Waals surface area contributed by atoms with Gasteiger partial charge in [-0.3, -0.25) is 4.79 Å². The Morgan fingerprint density at radius 3 is 2.73 bits per heavy atom. The maximum absolute atomic E-state index is 11.7. The molecule has 1 aliphatic heterocycles. The van der Waals surface area contributed by atoms with Crippen LogP contribution in [0.1, 0.15) is 5.56 Å². The molecule has 3 rings (SSSR count). The smallest absolute Gasteiger partial charge is 0.263 e. The molecule has 0 unspecified atom stereocenters. The van der Waals surface area contributed by atoms with Crippen molar-refractivity contribution in [2.24, 2.45) is 0 Å². The highest BCUT2D eigenvalue weighted by Crippen LogP contribution is 2.31. The molecule has 0 aliphatic carbocycles. The van der Waals surface area contributed by atoms with E-state index in [4.69, 9.17) is 17.0 Å². The molecule has 1 aliphatic rings. The second kappa shape index (κ2) is 6.34. The molecule has 1 fully saturated rings. The van der Waals surface area contributed by atoms with Crippen molar-refractivity contribution in [1.82, 2.24) is 5.32 Å². The first kappa shape index (κ1) is 14.8. The predicted octanol–water partition coefficient (Wildman–Crippen LogP) is 3.85. The number of methoxy groups -OCH3 is 1.